The number of rotatable bonds is 3. The minimum absolute atomic E-state index is 0. The van der Waals surface area contributed by atoms with Gasteiger partial charge in [-0.05, 0) is 48.6 Å². The normalized spacial score (nSPS) is 15.2. The molecule has 1 aromatic heterocycles. The minimum Gasteiger partial charge on any atom is -1.00 e. The second-order valence-corrected chi connectivity index (χ2v) is 8.46. The molecule has 0 N–H and O–H groups in total. The molecule has 6 heteroatoms. The van der Waals surface area contributed by atoms with E-state index in [1.807, 2.05) is 6.07 Å². The predicted molar refractivity (Wildman–Crippen MR) is 109 cm³/mol. The third-order valence-corrected chi connectivity index (χ3v) is 6.21. The molecule has 0 fully saturated rings. The molecular weight excluding hydrogens is 402 g/mol. The third kappa shape index (κ3) is 2.87. The maximum Gasteiger partial charge on any atom is 0.231 e. The molecule has 0 amide bonds. The highest BCUT2D eigenvalue weighted by atomic mass is 35.5. The molecular formula is C24H24ClNO4. The van der Waals surface area contributed by atoms with E-state index < -0.39 is 0 Å². The largest absolute Gasteiger partial charge is 1.00 e. The van der Waals surface area contributed by atoms with Crippen molar-refractivity contribution in [2.45, 2.75) is 39.7 Å². The highest BCUT2D eigenvalue weighted by Gasteiger charge is 2.32. The molecule has 3 aliphatic heterocycles. The van der Waals surface area contributed by atoms with E-state index in [-0.39, 0.29) is 12.4 Å². The van der Waals surface area contributed by atoms with Gasteiger partial charge in [0.2, 0.25) is 19.3 Å². The molecule has 0 aliphatic carbocycles. The standard InChI is InChI=1S/C24H24NO4.ClH/c1-14(2)3-4-17-16-5-6-20-24(29-13-26-20)19(16)11-25-8-7-15-9-21-22(28-12-27-21)10-18(15)23(17)25;/h5-6,9-11,14H,3-4,7-8,12-13H2,1-2H3;1H/q+1;/p-1. The summed E-state index contributed by atoms with van der Waals surface area (Å²) in [6, 6.07) is 8.57. The maximum atomic E-state index is 5.84. The van der Waals surface area contributed by atoms with Crippen LogP contribution in [0.25, 0.3) is 22.0 Å². The van der Waals surface area contributed by atoms with E-state index >= 15 is 0 Å². The zero-order valence-electron chi connectivity index (χ0n) is 17.2. The lowest BCUT2D eigenvalue weighted by molar-refractivity contribution is -0.686. The molecule has 0 saturated carbocycles. The zero-order valence-corrected chi connectivity index (χ0v) is 17.9. The monoisotopic (exact) mass is 425 g/mol. The van der Waals surface area contributed by atoms with Crippen LogP contribution in [0.2, 0.25) is 0 Å². The van der Waals surface area contributed by atoms with Gasteiger partial charge in [0.05, 0.1) is 10.9 Å². The highest BCUT2D eigenvalue weighted by Crippen LogP contribution is 2.45. The van der Waals surface area contributed by atoms with Crippen molar-refractivity contribution in [2.24, 2.45) is 5.92 Å². The number of pyridine rings is 1. The van der Waals surface area contributed by atoms with Gasteiger partial charge in [0.15, 0.2) is 35.7 Å². The van der Waals surface area contributed by atoms with Crippen LogP contribution in [0.3, 0.4) is 0 Å². The van der Waals surface area contributed by atoms with Crippen LogP contribution in [0.15, 0.2) is 30.5 Å². The number of aromatic nitrogens is 1. The maximum absolute atomic E-state index is 5.84. The Hall–Kier alpha value is -2.66. The van der Waals surface area contributed by atoms with Crippen LogP contribution < -0.4 is 35.9 Å². The molecule has 4 heterocycles. The number of halogens is 1. The van der Waals surface area contributed by atoms with E-state index in [9.17, 15) is 0 Å². The van der Waals surface area contributed by atoms with Crippen LogP contribution in [-0.2, 0) is 19.4 Å². The zero-order chi connectivity index (χ0) is 19.5. The first kappa shape index (κ1) is 19.3. The smallest absolute Gasteiger partial charge is 0.231 e. The number of hydrogen-bond acceptors (Lipinski definition) is 4. The number of aryl methyl sites for hydroxylation is 3. The minimum atomic E-state index is 0. The van der Waals surface area contributed by atoms with Crippen LogP contribution >= 0.6 is 0 Å². The Labute approximate surface area is 181 Å². The summed E-state index contributed by atoms with van der Waals surface area (Å²) in [5.74, 6) is 4.06. The average molecular weight is 426 g/mol. The van der Waals surface area contributed by atoms with Crippen molar-refractivity contribution in [3.8, 4) is 34.3 Å². The van der Waals surface area contributed by atoms with Crippen LogP contribution in [-0.4, -0.2) is 13.6 Å². The van der Waals surface area contributed by atoms with Crippen LogP contribution in [0.1, 0.15) is 31.4 Å². The lowest BCUT2D eigenvalue weighted by Crippen LogP contribution is -3.00. The van der Waals surface area contributed by atoms with Crippen molar-refractivity contribution >= 4 is 10.8 Å². The number of benzene rings is 2. The number of ether oxygens (including phenoxy) is 4. The molecule has 6 rings (SSSR count). The highest BCUT2D eigenvalue weighted by molar-refractivity contribution is 5.95. The molecule has 0 saturated heterocycles. The van der Waals surface area contributed by atoms with Crippen LogP contribution in [0.4, 0.5) is 0 Å². The van der Waals surface area contributed by atoms with E-state index in [1.165, 1.54) is 27.8 Å². The van der Waals surface area contributed by atoms with E-state index in [0.29, 0.717) is 19.5 Å². The summed E-state index contributed by atoms with van der Waals surface area (Å²) in [4.78, 5) is 0. The summed E-state index contributed by atoms with van der Waals surface area (Å²) in [5, 5.41) is 2.40. The Bertz CT molecular complexity index is 1160. The molecule has 0 unspecified atom stereocenters. The molecule has 0 bridgehead atoms. The quantitative estimate of drug-likeness (QED) is 0.595. The second-order valence-electron chi connectivity index (χ2n) is 8.46. The van der Waals surface area contributed by atoms with Crippen LogP contribution in [0.5, 0.6) is 23.0 Å². The summed E-state index contributed by atoms with van der Waals surface area (Å²) >= 11 is 0. The van der Waals surface area contributed by atoms with Gasteiger partial charge in [0.1, 0.15) is 0 Å². The fraction of sp³-hybridized carbons (Fsp3) is 0.375. The van der Waals surface area contributed by atoms with Crippen molar-refractivity contribution in [2.75, 3.05) is 13.6 Å². The summed E-state index contributed by atoms with van der Waals surface area (Å²) in [5.41, 5.74) is 5.28. The Balaban J connectivity index is 0.00000193. The number of hydrogen-bond donors (Lipinski definition) is 0. The SMILES string of the molecule is CC(C)CCc1c2[n+](cc3c4c(ccc13)OCO4)CCc1cc3c(cc1-2)OCO3.[Cl-]. The predicted octanol–water partition coefficient (Wildman–Crippen LogP) is 1.40. The molecule has 30 heavy (non-hydrogen) atoms. The molecule has 0 radical (unpaired) electrons. The first-order valence-electron chi connectivity index (χ1n) is 10.4. The topological polar surface area (TPSA) is 40.8 Å². The first-order chi connectivity index (χ1) is 14.2. The summed E-state index contributed by atoms with van der Waals surface area (Å²) in [6.45, 7) is 6.11. The molecule has 156 valence electrons. The van der Waals surface area contributed by atoms with Gasteiger partial charge in [0, 0.05) is 17.4 Å². The Morgan fingerprint density at radius 2 is 1.70 bits per heavy atom. The lowest BCUT2D eigenvalue weighted by atomic mass is 9.88. The Morgan fingerprint density at radius 1 is 0.933 bits per heavy atom. The van der Waals surface area contributed by atoms with Crippen molar-refractivity contribution < 1.29 is 35.9 Å². The van der Waals surface area contributed by atoms with E-state index in [0.717, 1.165) is 54.2 Å². The average Bonchev–Trinajstić information content (AvgIpc) is 3.38. The van der Waals surface area contributed by atoms with Crippen molar-refractivity contribution in [1.82, 2.24) is 0 Å². The van der Waals surface area contributed by atoms with Gasteiger partial charge >= 0.3 is 0 Å². The fourth-order valence-corrected chi connectivity index (χ4v) is 4.74. The lowest BCUT2D eigenvalue weighted by Gasteiger charge is -2.20. The summed E-state index contributed by atoms with van der Waals surface area (Å²) < 4.78 is 25.2. The molecule has 3 aromatic rings. The second kappa shape index (κ2) is 7.24. The van der Waals surface area contributed by atoms with Crippen LogP contribution in [0, 0.1) is 5.92 Å². The van der Waals surface area contributed by atoms with E-state index in [4.69, 9.17) is 18.9 Å². The van der Waals surface area contributed by atoms with Gasteiger partial charge in [-0.3, -0.25) is 0 Å². The summed E-state index contributed by atoms with van der Waals surface area (Å²) in [6.07, 6.45) is 5.38. The molecule has 2 aromatic carbocycles. The van der Waals surface area contributed by atoms with Gasteiger partial charge in [-0.25, -0.2) is 0 Å². The Morgan fingerprint density at radius 3 is 2.53 bits per heavy atom. The van der Waals surface area contributed by atoms with Gasteiger partial charge in [0.25, 0.3) is 0 Å². The fourth-order valence-electron chi connectivity index (χ4n) is 4.74. The van der Waals surface area contributed by atoms with Crippen molar-refractivity contribution in [3.05, 3.63) is 41.6 Å². The van der Waals surface area contributed by atoms with Crippen molar-refractivity contribution in [3.63, 3.8) is 0 Å². The van der Waals surface area contributed by atoms with Gasteiger partial charge in [-0.2, -0.15) is 4.57 Å². The van der Waals surface area contributed by atoms with Gasteiger partial charge in [-0.1, -0.05) is 13.8 Å². The first-order valence-corrected chi connectivity index (χ1v) is 10.4. The molecule has 0 spiro atoms. The third-order valence-electron chi connectivity index (χ3n) is 6.21. The van der Waals surface area contributed by atoms with Gasteiger partial charge < -0.3 is 31.4 Å². The Kier molecular flexibility index (Phi) is 4.66. The molecule has 3 aliphatic rings. The van der Waals surface area contributed by atoms with E-state index in [2.05, 4.69) is 42.8 Å². The summed E-state index contributed by atoms with van der Waals surface area (Å²) in [7, 11) is 0. The van der Waals surface area contributed by atoms with Crippen molar-refractivity contribution in [1.29, 1.82) is 0 Å². The molecule has 0 atom stereocenters. The number of fused-ring (bicyclic) bond motifs is 7. The van der Waals surface area contributed by atoms with E-state index in [1.54, 1.807) is 0 Å². The van der Waals surface area contributed by atoms with Gasteiger partial charge in [-0.15, -0.1) is 0 Å². The molecule has 5 nitrogen and oxygen atoms in total. The number of nitrogens with zero attached hydrogens (tertiary/aromatic N) is 1.